The molecule has 0 amide bonds. The summed E-state index contributed by atoms with van der Waals surface area (Å²) in [6.07, 6.45) is 0. The Morgan fingerprint density at radius 1 is 1.30 bits per heavy atom. The molecule has 0 bridgehead atoms. The fourth-order valence-electron chi connectivity index (χ4n) is 2.16. The number of thiazole rings is 1. The number of nitrogens with zero attached hydrogens (tertiary/aromatic N) is 2. The molecule has 0 saturated carbocycles. The molecule has 1 aromatic carbocycles. The van der Waals surface area contributed by atoms with E-state index < -0.39 is 0 Å². The van der Waals surface area contributed by atoms with Crippen LogP contribution in [0.15, 0.2) is 40.5 Å². The lowest BCUT2D eigenvalue weighted by Crippen LogP contribution is -2.13. The van der Waals surface area contributed by atoms with E-state index in [0.29, 0.717) is 21.0 Å². The van der Waals surface area contributed by atoms with Crippen molar-refractivity contribution in [3.63, 3.8) is 0 Å². The van der Waals surface area contributed by atoms with Crippen molar-refractivity contribution in [1.29, 1.82) is 5.26 Å². The Bertz CT molecular complexity index is 900. The van der Waals surface area contributed by atoms with Gasteiger partial charge in [-0.05, 0) is 30.2 Å². The number of pyridine rings is 1. The summed E-state index contributed by atoms with van der Waals surface area (Å²) in [4.78, 5) is 12.9. The van der Waals surface area contributed by atoms with Gasteiger partial charge in [-0.1, -0.05) is 23.7 Å². The first kappa shape index (κ1) is 12.9. The van der Waals surface area contributed by atoms with Crippen molar-refractivity contribution in [3.8, 4) is 17.3 Å². The lowest BCUT2D eigenvalue weighted by atomic mass is 10.1. The minimum Gasteiger partial charge on any atom is -0.269 e. The number of rotatable bonds is 1. The van der Waals surface area contributed by atoms with Crippen molar-refractivity contribution < 1.29 is 0 Å². The smallest absolute Gasteiger partial charge is 0.256 e. The third-order valence-electron chi connectivity index (χ3n) is 3.15. The average Bonchev–Trinajstić information content (AvgIpc) is 2.85. The molecule has 3 rings (SSSR count). The molecule has 2 aromatic heterocycles. The highest BCUT2D eigenvalue weighted by molar-refractivity contribution is 7.16. The lowest BCUT2D eigenvalue weighted by Gasteiger charge is -2.04. The minimum absolute atomic E-state index is 0.123. The van der Waals surface area contributed by atoms with Crippen LogP contribution in [0.2, 0.25) is 5.02 Å². The molecular weight excluding hydrogens is 292 g/mol. The number of nitriles is 1. The number of fused-ring (bicyclic) bond motifs is 1. The molecule has 0 saturated heterocycles. The van der Waals surface area contributed by atoms with Gasteiger partial charge in [0.2, 0.25) is 0 Å². The maximum Gasteiger partial charge on any atom is 0.256 e. The predicted molar refractivity (Wildman–Crippen MR) is 81.4 cm³/mol. The largest absolute Gasteiger partial charge is 0.269 e. The summed E-state index contributed by atoms with van der Waals surface area (Å²) in [5.74, 6) is 0. The molecule has 0 aliphatic carbocycles. The van der Waals surface area contributed by atoms with Crippen molar-refractivity contribution in [1.82, 2.24) is 4.40 Å². The Kier molecular flexibility index (Phi) is 3.09. The van der Waals surface area contributed by atoms with E-state index in [1.807, 2.05) is 17.5 Å². The van der Waals surface area contributed by atoms with Gasteiger partial charge in [0, 0.05) is 16.5 Å². The Hall–Kier alpha value is -2.09. The molecule has 0 fully saturated rings. The molecule has 5 heteroatoms. The maximum atomic E-state index is 12.2. The van der Waals surface area contributed by atoms with Crippen LogP contribution in [-0.4, -0.2) is 4.40 Å². The van der Waals surface area contributed by atoms with Gasteiger partial charge in [-0.2, -0.15) is 5.26 Å². The van der Waals surface area contributed by atoms with Crippen molar-refractivity contribution >= 4 is 27.8 Å². The van der Waals surface area contributed by atoms with Gasteiger partial charge in [-0.3, -0.25) is 9.20 Å². The third kappa shape index (κ3) is 1.92. The highest BCUT2D eigenvalue weighted by atomic mass is 35.5. The van der Waals surface area contributed by atoms with E-state index in [4.69, 9.17) is 11.6 Å². The van der Waals surface area contributed by atoms with Crippen LogP contribution in [0, 0.1) is 18.3 Å². The van der Waals surface area contributed by atoms with Crippen molar-refractivity contribution in [2.75, 3.05) is 0 Å². The van der Waals surface area contributed by atoms with Gasteiger partial charge in [-0.15, -0.1) is 11.3 Å². The monoisotopic (exact) mass is 300 g/mol. The standard InChI is InChI=1S/C15H9ClN2OS/c1-9-6-14(19)18-13(8-20-15(18)12(9)7-17)10-2-4-11(16)5-3-10/h2-6,8H,1H3. The Morgan fingerprint density at radius 3 is 2.65 bits per heavy atom. The van der Waals surface area contributed by atoms with Crippen LogP contribution in [0.4, 0.5) is 0 Å². The summed E-state index contributed by atoms with van der Waals surface area (Å²) in [6, 6.07) is 11.0. The quantitative estimate of drug-likeness (QED) is 0.685. The first-order chi connectivity index (χ1) is 9.61. The summed E-state index contributed by atoms with van der Waals surface area (Å²) >= 11 is 7.28. The third-order valence-corrected chi connectivity index (χ3v) is 4.35. The molecule has 0 N–H and O–H groups in total. The van der Waals surface area contributed by atoms with Crippen LogP contribution in [0.5, 0.6) is 0 Å². The summed E-state index contributed by atoms with van der Waals surface area (Å²) in [5, 5.41) is 11.8. The molecule has 2 heterocycles. The van der Waals surface area contributed by atoms with Gasteiger partial charge >= 0.3 is 0 Å². The molecule has 0 aliphatic heterocycles. The fraction of sp³-hybridized carbons (Fsp3) is 0.0667. The molecule has 0 radical (unpaired) electrons. The summed E-state index contributed by atoms with van der Waals surface area (Å²) in [6.45, 7) is 1.78. The number of hydrogen-bond donors (Lipinski definition) is 0. The van der Waals surface area contributed by atoms with E-state index in [1.165, 1.54) is 17.4 Å². The SMILES string of the molecule is Cc1cc(=O)n2c(-c3ccc(Cl)cc3)csc2c1C#N. The van der Waals surface area contributed by atoms with Gasteiger partial charge < -0.3 is 0 Å². The zero-order chi connectivity index (χ0) is 14.3. The van der Waals surface area contributed by atoms with Crippen molar-refractivity contribution in [2.24, 2.45) is 0 Å². The van der Waals surface area contributed by atoms with Gasteiger partial charge in [0.25, 0.3) is 5.56 Å². The van der Waals surface area contributed by atoms with Crippen LogP contribution >= 0.6 is 22.9 Å². The zero-order valence-electron chi connectivity index (χ0n) is 10.6. The Labute approximate surface area is 124 Å². The number of aromatic nitrogens is 1. The van der Waals surface area contributed by atoms with E-state index in [1.54, 1.807) is 23.5 Å². The normalized spacial score (nSPS) is 10.7. The first-order valence-corrected chi connectivity index (χ1v) is 7.17. The second kappa shape index (κ2) is 4.78. The van der Waals surface area contributed by atoms with E-state index in [2.05, 4.69) is 6.07 Å². The minimum atomic E-state index is -0.123. The molecule has 0 unspecified atom stereocenters. The van der Waals surface area contributed by atoms with Crippen LogP contribution in [-0.2, 0) is 0 Å². The Morgan fingerprint density at radius 2 is 2.00 bits per heavy atom. The van der Waals surface area contributed by atoms with Crippen molar-refractivity contribution in [2.45, 2.75) is 6.92 Å². The molecular formula is C15H9ClN2OS. The highest BCUT2D eigenvalue weighted by Crippen LogP contribution is 2.28. The molecule has 3 aromatic rings. The summed E-state index contributed by atoms with van der Waals surface area (Å²) in [7, 11) is 0. The lowest BCUT2D eigenvalue weighted by molar-refractivity contribution is 1.11. The van der Waals surface area contributed by atoms with Crippen LogP contribution in [0.1, 0.15) is 11.1 Å². The fourth-order valence-corrected chi connectivity index (χ4v) is 3.37. The molecule has 98 valence electrons. The highest BCUT2D eigenvalue weighted by Gasteiger charge is 2.13. The zero-order valence-corrected chi connectivity index (χ0v) is 12.1. The molecule has 0 atom stereocenters. The van der Waals surface area contributed by atoms with Gasteiger partial charge in [0.1, 0.15) is 10.9 Å². The van der Waals surface area contributed by atoms with E-state index >= 15 is 0 Å². The summed E-state index contributed by atoms with van der Waals surface area (Å²) in [5.41, 5.74) is 2.82. The topological polar surface area (TPSA) is 45.3 Å². The van der Waals surface area contributed by atoms with Gasteiger partial charge in [-0.25, -0.2) is 0 Å². The van der Waals surface area contributed by atoms with Crippen LogP contribution in [0.25, 0.3) is 16.1 Å². The predicted octanol–water partition coefficient (Wildman–Crippen LogP) is 3.86. The van der Waals surface area contributed by atoms with Gasteiger partial charge in [0.15, 0.2) is 0 Å². The van der Waals surface area contributed by atoms with Crippen LogP contribution in [0.3, 0.4) is 0 Å². The molecule has 0 aliphatic rings. The van der Waals surface area contributed by atoms with E-state index in [0.717, 1.165) is 11.3 Å². The number of halogens is 1. The van der Waals surface area contributed by atoms with E-state index in [-0.39, 0.29) is 5.56 Å². The molecule has 20 heavy (non-hydrogen) atoms. The molecule has 3 nitrogen and oxygen atoms in total. The number of hydrogen-bond acceptors (Lipinski definition) is 3. The number of benzene rings is 1. The van der Waals surface area contributed by atoms with E-state index in [9.17, 15) is 10.1 Å². The van der Waals surface area contributed by atoms with Crippen LogP contribution < -0.4 is 5.56 Å². The number of aryl methyl sites for hydroxylation is 1. The average molecular weight is 301 g/mol. The summed E-state index contributed by atoms with van der Waals surface area (Å²) < 4.78 is 1.58. The van der Waals surface area contributed by atoms with Crippen molar-refractivity contribution in [3.05, 3.63) is 62.2 Å². The molecule has 0 spiro atoms. The Balaban J connectivity index is 2.38. The first-order valence-electron chi connectivity index (χ1n) is 5.91. The second-order valence-corrected chi connectivity index (χ2v) is 5.72. The second-order valence-electron chi connectivity index (χ2n) is 4.42. The maximum absolute atomic E-state index is 12.2. The van der Waals surface area contributed by atoms with Gasteiger partial charge in [0.05, 0.1) is 11.3 Å².